The van der Waals surface area contributed by atoms with Gasteiger partial charge in [-0.05, 0) is 25.1 Å². The van der Waals surface area contributed by atoms with Crippen molar-refractivity contribution in [1.29, 1.82) is 0 Å². The van der Waals surface area contributed by atoms with Crippen molar-refractivity contribution in [2.24, 2.45) is 0 Å². The van der Waals surface area contributed by atoms with E-state index >= 15 is 0 Å². The van der Waals surface area contributed by atoms with E-state index in [1.165, 1.54) is 11.8 Å². The van der Waals surface area contributed by atoms with Crippen LogP contribution in [0, 0.1) is 0 Å². The zero-order valence-corrected chi connectivity index (χ0v) is 8.95. The van der Waals surface area contributed by atoms with Gasteiger partial charge >= 0.3 is 5.97 Å². The number of rotatable bonds is 1. The Balaban J connectivity index is 2.39. The van der Waals surface area contributed by atoms with Crippen LogP contribution in [0.25, 0.3) is 0 Å². The minimum absolute atomic E-state index is 0.603. The average Bonchev–Trinajstić information content (AvgIpc) is 2.42. The van der Waals surface area contributed by atoms with Crippen LogP contribution in [-0.2, 0) is 4.79 Å². The Morgan fingerprint density at radius 3 is 3.00 bits per heavy atom. The molecule has 14 heavy (non-hydrogen) atoms. The fraction of sp³-hybridized carbons (Fsp3) is 0.222. The van der Waals surface area contributed by atoms with Crippen LogP contribution in [0.15, 0.2) is 23.1 Å². The lowest BCUT2D eigenvalue weighted by atomic mass is 10.2. The van der Waals surface area contributed by atoms with Crippen LogP contribution in [-0.4, -0.2) is 15.9 Å². The lowest BCUT2D eigenvalue weighted by Gasteiger charge is -2.17. The second kappa shape index (κ2) is 3.07. The molecule has 0 saturated heterocycles. The highest BCUT2D eigenvalue weighted by molar-refractivity contribution is 8.02. The Kier molecular flexibility index (Phi) is 2.12. The molecule has 3 nitrogen and oxygen atoms in total. The Hall–Kier alpha value is -0.870. The van der Waals surface area contributed by atoms with Gasteiger partial charge in [-0.15, -0.1) is 0 Å². The van der Waals surface area contributed by atoms with Crippen molar-refractivity contribution in [3.8, 4) is 0 Å². The lowest BCUT2D eigenvalue weighted by molar-refractivity contribution is -0.138. The van der Waals surface area contributed by atoms with Gasteiger partial charge < -0.3 is 10.4 Å². The van der Waals surface area contributed by atoms with Gasteiger partial charge in [0.25, 0.3) is 0 Å². The van der Waals surface area contributed by atoms with Crippen LogP contribution in [0.2, 0.25) is 5.02 Å². The van der Waals surface area contributed by atoms with Crippen molar-refractivity contribution in [3.63, 3.8) is 0 Å². The number of benzene rings is 1. The first-order valence-electron chi connectivity index (χ1n) is 4.01. The molecule has 0 radical (unpaired) electrons. The molecule has 1 heterocycles. The summed E-state index contributed by atoms with van der Waals surface area (Å²) in [6.07, 6.45) is 0. The number of halogens is 1. The first-order chi connectivity index (χ1) is 6.51. The highest BCUT2D eigenvalue weighted by Gasteiger charge is 2.40. The Labute approximate surface area is 90.5 Å². The molecule has 1 aliphatic heterocycles. The summed E-state index contributed by atoms with van der Waals surface area (Å²) >= 11 is 7.09. The molecular weight excluding hydrogens is 222 g/mol. The molecule has 2 N–H and O–H groups in total. The molecule has 1 unspecified atom stereocenters. The van der Waals surface area contributed by atoms with Gasteiger partial charge in [-0.1, -0.05) is 23.4 Å². The van der Waals surface area contributed by atoms with Crippen molar-refractivity contribution in [2.45, 2.75) is 16.7 Å². The number of aliphatic carboxylic acids is 1. The van der Waals surface area contributed by atoms with E-state index in [1.54, 1.807) is 19.1 Å². The molecule has 0 spiro atoms. The second-order valence-electron chi connectivity index (χ2n) is 3.21. The zero-order valence-electron chi connectivity index (χ0n) is 7.37. The first-order valence-corrected chi connectivity index (χ1v) is 5.21. The molecule has 0 fully saturated rings. The molecule has 2 rings (SSSR count). The summed E-state index contributed by atoms with van der Waals surface area (Å²) in [6.45, 7) is 1.63. The highest BCUT2D eigenvalue weighted by Crippen LogP contribution is 2.45. The second-order valence-corrected chi connectivity index (χ2v) is 5.10. The SMILES string of the molecule is CC1(C(=O)O)Nc2cc(Cl)ccc2S1. The number of thioether (sulfide) groups is 1. The summed E-state index contributed by atoms with van der Waals surface area (Å²) in [5.74, 6) is -0.880. The van der Waals surface area contributed by atoms with Crippen LogP contribution in [0.4, 0.5) is 5.69 Å². The number of carboxylic acids is 1. The van der Waals surface area contributed by atoms with E-state index in [0.29, 0.717) is 5.02 Å². The van der Waals surface area contributed by atoms with Crippen LogP contribution in [0.3, 0.4) is 0 Å². The van der Waals surface area contributed by atoms with E-state index < -0.39 is 10.8 Å². The number of hydrogen-bond donors (Lipinski definition) is 2. The molecule has 1 aliphatic rings. The van der Waals surface area contributed by atoms with Gasteiger partial charge in [-0.3, -0.25) is 0 Å². The third-order valence-electron chi connectivity index (χ3n) is 2.04. The number of carboxylic acid groups (broad SMARTS) is 1. The number of anilines is 1. The van der Waals surface area contributed by atoms with E-state index in [2.05, 4.69) is 5.32 Å². The molecule has 0 bridgehead atoms. The summed E-state index contributed by atoms with van der Waals surface area (Å²) in [4.78, 5) is 10.9. The Bertz CT molecular complexity index is 410. The minimum Gasteiger partial charge on any atom is -0.479 e. The smallest absolute Gasteiger partial charge is 0.340 e. The predicted octanol–water partition coefficient (Wildman–Crippen LogP) is 2.66. The molecule has 74 valence electrons. The number of fused-ring (bicyclic) bond motifs is 1. The normalized spacial score (nSPS) is 24.1. The molecule has 0 saturated carbocycles. The summed E-state index contributed by atoms with van der Waals surface area (Å²) in [5.41, 5.74) is 0.785. The van der Waals surface area contributed by atoms with Gasteiger partial charge in [-0.2, -0.15) is 0 Å². The molecule has 0 amide bonds. The maximum atomic E-state index is 11.0. The average molecular weight is 230 g/mol. The van der Waals surface area contributed by atoms with Crippen molar-refractivity contribution in [3.05, 3.63) is 23.2 Å². The maximum Gasteiger partial charge on any atom is 0.340 e. The van der Waals surface area contributed by atoms with E-state index in [0.717, 1.165) is 10.6 Å². The number of hydrogen-bond acceptors (Lipinski definition) is 3. The zero-order chi connectivity index (χ0) is 10.3. The third kappa shape index (κ3) is 1.44. The molecule has 1 atom stereocenters. The summed E-state index contributed by atoms with van der Waals surface area (Å²) < 4.78 is 0. The largest absolute Gasteiger partial charge is 0.479 e. The van der Waals surface area contributed by atoms with Crippen LogP contribution in [0.1, 0.15) is 6.92 Å². The monoisotopic (exact) mass is 229 g/mol. The summed E-state index contributed by atoms with van der Waals surface area (Å²) in [5, 5.41) is 12.5. The van der Waals surface area contributed by atoms with Crippen LogP contribution in [0.5, 0.6) is 0 Å². The fourth-order valence-corrected chi connectivity index (χ4v) is 2.50. The van der Waals surface area contributed by atoms with Gasteiger partial charge in [0, 0.05) is 9.92 Å². The molecule has 0 aliphatic carbocycles. The maximum absolute atomic E-state index is 11.0. The van der Waals surface area contributed by atoms with Crippen LogP contribution < -0.4 is 5.32 Å². The number of nitrogens with one attached hydrogen (secondary N) is 1. The minimum atomic E-state index is -0.979. The topological polar surface area (TPSA) is 49.3 Å². The first kappa shape index (κ1) is 9.68. The molecule has 0 aromatic heterocycles. The van der Waals surface area contributed by atoms with Gasteiger partial charge in [0.15, 0.2) is 4.87 Å². The fourth-order valence-electron chi connectivity index (χ4n) is 1.29. The van der Waals surface area contributed by atoms with Gasteiger partial charge in [0.05, 0.1) is 5.69 Å². The van der Waals surface area contributed by atoms with Crippen molar-refractivity contribution < 1.29 is 9.90 Å². The van der Waals surface area contributed by atoms with E-state index in [4.69, 9.17) is 16.7 Å². The van der Waals surface area contributed by atoms with E-state index in [9.17, 15) is 4.79 Å². The molecular formula is C9H8ClNO2S. The quantitative estimate of drug-likeness (QED) is 0.778. The Morgan fingerprint density at radius 1 is 1.64 bits per heavy atom. The molecule has 1 aromatic rings. The lowest BCUT2D eigenvalue weighted by Crippen LogP contribution is -2.36. The Morgan fingerprint density at radius 2 is 2.36 bits per heavy atom. The number of carbonyl (C=O) groups is 1. The highest BCUT2D eigenvalue weighted by atomic mass is 35.5. The van der Waals surface area contributed by atoms with Gasteiger partial charge in [0.2, 0.25) is 0 Å². The van der Waals surface area contributed by atoms with E-state index in [-0.39, 0.29) is 0 Å². The summed E-state index contributed by atoms with van der Waals surface area (Å²) in [6, 6.07) is 5.31. The van der Waals surface area contributed by atoms with Crippen molar-refractivity contribution in [1.82, 2.24) is 0 Å². The third-order valence-corrected chi connectivity index (χ3v) is 3.53. The molecule has 1 aromatic carbocycles. The molecule has 5 heteroatoms. The van der Waals surface area contributed by atoms with E-state index in [1.807, 2.05) is 6.07 Å². The standard InChI is InChI=1S/C9H8ClNO2S/c1-9(8(12)13)11-6-4-5(10)2-3-7(6)14-9/h2-4,11H,1H3,(H,12,13). The van der Waals surface area contributed by atoms with Crippen molar-refractivity contribution in [2.75, 3.05) is 5.32 Å². The summed E-state index contributed by atoms with van der Waals surface area (Å²) in [7, 11) is 0. The van der Waals surface area contributed by atoms with Crippen LogP contribution >= 0.6 is 23.4 Å². The van der Waals surface area contributed by atoms with Gasteiger partial charge in [-0.25, -0.2) is 4.79 Å². The van der Waals surface area contributed by atoms with Gasteiger partial charge in [0.1, 0.15) is 0 Å². The van der Waals surface area contributed by atoms with Crippen molar-refractivity contribution >= 4 is 35.0 Å². The predicted molar refractivity (Wildman–Crippen MR) is 57.0 cm³/mol.